The predicted molar refractivity (Wildman–Crippen MR) is 93.9 cm³/mol. The molecule has 0 bridgehead atoms. The molecular weight excluding hydrogens is 380 g/mol. The first-order valence-electron chi connectivity index (χ1n) is 6.84. The fourth-order valence-electron chi connectivity index (χ4n) is 2.22. The highest BCUT2D eigenvalue weighted by atomic mass is 79.9. The number of carbonyl (C=O) groups is 2. The van der Waals surface area contributed by atoms with Gasteiger partial charge in [-0.15, -0.1) is 0 Å². The molecule has 0 atom stereocenters. The van der Waals surface area contributed by atoms with E-state index in [1.165, 1.54) is 5.01 Å². The Kier molecular flexibility index (Phi) is 4.24. The van der Waals surface area contributed by atoms with Gasteiger partial charge in [-0.05, 0) is 48.4 Å². The van der Waals surface area contributed by atoms with E-state index in [9.17, 15) is 9.59 Å². The van der Waals surface area contributed by atoms with Crippen molar-refractivity contribution >= 4 is 51.1 Å². The predicted octanol–water partition coefficient (Wildman–Crippen LogP) is 3.87. The second-order valence-corrected chi connectivity index (χ2v) is 6.45. The van der Waals surface area contributed by atoms with Crippen LogP contribution in [0.25, 0.3) is 6.08 Å². The molecule has 0 saturated carbocycles. The summed E-state index contributed by atoms with van der Waals surface area (Å²) < 4.78 is 0.875. The molecule has 2 aromatic rings. The van der Waals surface area contributed by atoms with Crippen molar-refractivity contribution in [3.05, 3.63) is 68.7 Å². The van der Waals surface area contributed by atoms with Gasteiger partial charge in [-0.1, -0.05) is 45.7 Å². The normalized spacial score (nSPS) is 16.1. The van der Waals surface area contributed by atoms with Crippen LogP contribution in [-0.2, 0) is 9.59 Å². The summed E-state index contributed by atoms with van der Waals surface area (Å²) in [4.78, 5) is 24.6. The van der Waals surface area contributed by atoms with Crippen molar-refractivity contribution < 1.29 is 9.59 Å². The first-order chi connectivity index (χ1) is 11.0. The number of nitrogens with zero attached hydrogens (tertiary/aromatic N) is 1. The average molecular weight is 392 g/mol. The molecular formula is C17H12BrClN2O2. The lowest BCUT2D eigenvalue weighted by Gasteiger charge is -2.15. The monoisotopic (exact) mass is 390 g/mol. The topological polar surface area (TPSA) is 49.4 Å². The maximum absolute atomic E-state index is 12.5. The Bertz CT molecular complexity index is 848. The Morgan fingerprint density at radius 3 is 2.65 bits per heavy atom. The number of amides is 2. The van der Waals surface area contributed by atoms with E-state index in [-0.39, 0.29) is 5.57 Å². The van der Waals surface area contributed by atoms with E-state index < -0.39 is 11.8 Å². The highest BCUT2D eigenvalue weighted by Crippen LogP contribution is 2.26. The van der Waals surface area contributed by atoms with Crippen LogP contribution >= 0.6 is 27.5 Å². The molecule has 0 aromatic heterocycles. The fraction of sp³-hybridized carbons (Fsp3) is 0.0588. The number of nitrogens with one attached hydrogen (secondary N) is 1. The van der Waals surface area contributed by atoms with Crippen LogP contribution in [0.5, 0.6) is 0 Å². The van der Waals surface area contributed by atoms with E-state index in [4.69, 9.17) is 11.6 Å². The molecule has 0 unspecified atom stereocenters. The summed E-state index contributed by atoms with van der Waals surface area (Å²) in [7, 11) is 0. The minimum Gasteiger partial charge on any atom is -0.267 e. The lowest BCUT2D eigenvalue weighted by atomic mass is 10.1. The zero-order chi connectivity index (χ0) is 16.6. The van der Waals surface area contributed by atoms with E-state index in [1.807, 2.05) is 31.2 Å². The summed E-state index contributed by atoms with van der Waals surface area (Å²) in [5, 5.41) is 1.74. The third kappa shape index (κ3) is 3.16. The number of rotatable bonds is 2. The number of benzene rings is 2. The number of anilines is 1. The molecule has 116 valence electrons. The minimum absolute atomic E-state index is 0.0831. The molecule has 0 spiro atoms. The molecule has 1 N–H and O–H groups in total. The van der Waals surface area contributed by atoms with Gasteiger partial charge in [0.25, 0.3) is 11.8 Å². The van der Waals surface area contributed by atoms with Crippen LogP contribution in [-0.4, -0.2) is 11.8 Å². The second-order valence-electron chi connectivity index (χ2n) is 5.13. The van der Waals surface area contributed by atoms with Crippen molar-refractivity contribution in [2.45, 2.75) is 6.92 Å². The van der Waals surface area contributed by atoms with E-state index in [0.717, 1.165) is 15.6 Å². The molecule has 2 aromatic carbocycles. The van der Waals surface area contributed by atoms with Gasteiger partial charge in [0.05, 0.1) is 5.69 Å². The summed E-state index contributed by atoms with van der Waals surface area (Å²) >= 11 is 9.45. The van der Waals surface area contributed by atoms with Crippen molar-refractivity contribution in [3.63, 3.8) is 0 Å². The van der Waals surface area contributed by atoms with Gasteiger partial charge in [-0.3, -0.25) is 15.0 Å². The number of hydrogen-bond donors (Lipinski definition) is 1. The van der Waals surface area contributed by atoms with Gasteiger partial charge in [0, 0.05) is 9.50 Å². The third-order valence-electron chi connectivity index (χ3n) is 3.46. The Hall–Kier alpha value is -2.11. The maximum atomic E-state index is 12.5. The van der Waals surface area contributed by atoms with Crippen LogP contribution in [0.15, 0.2) is 52.5 Å². The minimum atomic E-state index is -0.438. The van der Waals surface area contributed by atoms with Gasteiger partial charge >= 0.3 is 0 Å². The van der Waals surface area contributed by atoms with E-state index >= 15 is 0 Å². The Morgan fingerprint density at radius 1 is 1.17 bits per heavy atom. The standard InChI is InChI=1S/C17H12BrClN2O2/c1-10-5-6-13(9-15(10)19)21-17(23)14(16(22)20-21)8-11-3-2-4-12(18)7-11/h2-9H,1H3,(H,20,22). The van der Waals surface area contributed by atoms with Crippen molar-refractivity contribution in [2.24, 2.45) is 0 Å². The van der Waals surface area contributed by atoms with Crippen LogP contribution in [0.2, 0.25) is 5.02 Å². The van der Waals surface area contributed by atoms with E-state index in [1.54, 1.807) is 24.3 Å². The molecule has 3 rings (SSSR count). The van der Waals surface area contributed by atoms with Crippen LogP contribution in [0, 0.1) is 6.92 Å². The molecule has 4 nitrogen and oxygen atoms in total. The lowest BCUT2D eigenvalue weighted by Crippen LogP contribution is -2.35. The van der Waals surface area contributed by atoms with Gasteiger partial charge in [0.1, 0.15) is 5.57 Å². The van der Waals surface area contributed by atoms with Crippen LogP contribution in [0.4, 0.5) is 5.69 Å². The van der Waals surface area contributed by atoms with Gasteiger partial charge < -0.3 is 0 Å². The summed E-state index contributed by atoms with van der Waals surface area (Å²) in [5.41, 5.74) is 4.83. The quantitative estimate of drug-likeness (QED) is 0.624. The first-order valence-corrected chi connectivity index (χ1v) is 8.01. The maximum Gasteiger partial charge on any atom is 0.282 e. The summed E-state index contributed by atoms with van der Waals surface area (Å²) in [6.07, 6.45) is 1.57. The molecule has 1 fully saturated rings. The van der Waals surface area contributed by atoms with Crippen LogP contribution in [0.1, 0.15) is 11.1 Å². The van der Waals surface area contributed by atoms with Crippen molar-refractivity contribution in [1.82, 2.24) is 5.43 Å². The van der Waals surface area contributed by atoms with Crippen LogP contribution in [0.3, 0.4) is 0 Å². The van der Waals surface area contributed by atoms with Crippen molar-refractivity contribution in [2.75, 3.05) is 5.01 Å². The van der Waals surface area contributed by atoms with E-state index in [2.05, 4.69) is 21.4 Å². The lowest BCUT2D eigenvalue weighted by molar-refractivity contribution is -0.117. The molecule has 0 aliphatic carbocycles. The first kappa shape index (κ1) is 15.8. The smallest absolute Gasteiger partial charge is 0.267 e. The Balaban J connectivity index is 1.95. The van der Waals surface area contributed by atoms with Crippen molar-refractivity contribution in [1.29, 1.82) is 0 Å². The van der Waals surface area contributed by atoms with Gasteiger partial charge in [-0.25, -0.2) is 5.01 Å². The molecule has 2 amide bonds. The number of halogens is 2. The summed E-state index contributed by atoms with van der Waals surface area (Å²) in [5.74, 6) is -0.846. The summed E-state index contributed by atoms with van der Waals surface area (Å²) in [6.45, 7) is 1.87. The van der Waals surface area contributed by atoms with Crippen molar-refractivity contribution in [3.8, 4) is 0 Å². The average Bonchev–Trinajstić information content (AvgIpc) is 2.78. The number of hydrazine groups is 1. The zero-order valence-electron chi connectivity index (χ0n) is 12.1. The Labute approximate surface area is 146 Å². The van der Waals surface area contributed by atoms with Crippen LogP contribution < -0.4 is 10.4 Å². The molecule has 23 heavy (non-hydrogen) atoms. The SMILES string of the molecule is Cc1ccc(N2NC(=O)C(=Cc3cccc(Br)c3)C2=O)cc1Cl. The Morgan fingerprint density at radius 2 is 1.96 bits per heavy atom. The number of aryl methyl sites for hydroxylation is 1. The molecule has 1 heterocycles. The second kappa shape index (κ2) is 6.18. The third-order valence-corrected chi connectivity index (χ3v) is 4.37. The highest BCUT2D eigenvalue weighted by molar-refractivity contribution is 9.10. The zero-order valence-corrected chi connectivity index (χ0v) is 14.5. The largest absolute Gasteiger partial charge is 0.282 e. The fourth-order valence-corrected chi connectivity index (χ4v) is 2.81. The molecule has 6 heteroatoms. The van der Waals surface area contributed by atoms with Gasteiger partial charge in [0.15, 0.2) is 0 Å². The summed E-state index contributed by atoms with van der Waals surface area (Å²) in [6, 6.07) is 12.6. The van der Waals surface area contributed by atoms with Gasteiger partial charge in [-0.2, -0.15) is 0 Å². The molecule has 0 radical (unpaired) electrons. The highest BCUT2D eigenvalue weighted by Gasteiger charge is 2.34. The number of hydrogen-bond acceptors (Lipinski definition) is 2. The van der Waals surface area contributed by atoms with Gasteiger partial charge in [0.2, 0.25) is 0 Å². The molecule has 1 saturated heterocycles. The van der Waals surface area contributed by atoms with E-state index in [0.29, 0.717) is 10.7 Å². The molecule has 1 aliphatic rings. The number of carbonyl (C=O) groups excluding carboxylic acids is 2. The molecule has 1 aliphatic heterocycles.